The van der Waals surface area contributed by atoms with Gasteiger partial charge in [0.05, 0.1) is 36.4 Å². The zero-order valence-electron chi connectivity index (χ0n) is 17.7. The van der Waals surface area contributed by atoms with E-state index < -0.39 is 0 Å². The van der Waals surface area contributed by atoms with Crippen LogP contribution in [-0.4, -0.2) is 50.5 Å². The summed E-state index contributed by atoms with van der Waals surface area (Å²) in [7, 11) is 0. The lowest BCUT2D eigenvalue weighted by Gasteiger charge is -2.47. The van der Waals surface area contributed by atoms with Crippen molar-refractivity contribution in [2.24, 2.45) is 5.41 Å². The van der Waals surface area contributed by atoms with E-state index in [9.17, 15) is 4.79 Å². The van der Waals surface area contributed by atoms with Crippen LogP contribution in [0.15, 0.2) is 23.0 Å². The maximum Gasteiger partial charge on any atom is 0.222 e. The highest BCUT2D eigenvalue weighted by atomic mass is 16.5. The average molecular weight is 398 g/mol. The number of carbonyl (C=O) groups is 1. The summed E-state index contributed by atoms with van der Waals surface area (Å²) in [6.07, 6.45) is 7.42. The molecule has 0 N–H and O–H groups in total. The Balaban J connectivity index is 1.34. The first kappa shape index (κ1) is 20.0. The van der Waals surface area contributed by atoms with Crippen LogP contribution in [0.1, 0.15) is 68.3 Å². The predicted molar refractivity (Wildman–Crippen MR) is 109 cm³/mol. The van der Waals surface area contributed by atoms with Gasteiger partial charge in [-0.05, 0) is 50.6 Å². The third kappa shape index (κ3) is 4.66. The van der Waals surface area contributed by atoms with Crippen molar-refractivity contribution in [3.63, 3.8) is 0 Å². The number of rotatable bonds is 5. The molecule has 2 aromatic rings. The summed E-state index contributed by atoms with van der Waals surface area (Å²) in [5.41, 5.74) is 3.02. The maximum atomic E-state index is 12.5. The first-order valence-electron chi connectivity index (χ1n) is 10.7. The molecule has 156 valence electrons. The molecule has 2 aliphatic rings. The van der Waals surface area contributed by atoms with Crippen LogP contribution < -0.4 is 0 Å². The van der Waals surface area contributed by atoms with Gasteiger partial charge in [0.25, 0.3) is 0 Å². The molecule has 0 aromatic carbocycles. The van der Waals surface area contributed by atoms with Crippen LogP contribution in [0.5, 0.6) is 0 Å². The second-order valence-electron chi connectivity index (χ2n) is 9.05. The van der Waals surface area contributed by atoms with Crippen LogP contribution in [0, 0.1) is 12.3 Å². The van der Waals surface area contributed by atoms with Crippen LogP contribution in [0.4, 0.5) is 0 Å². The molecule has 2 saturated heterocycles. The van der Waals surface area contributed by atoms with Gasteiger partial charge in [0.15, 0.2) is 5.76 Å². The Bertz CT molecular complexity index is 837. The fourth-order valence-electron chi connectivity index (χ4n) is 4.43. The molecule has 29 heavy (non-hydrogen) atoms. The van der Waals surface area contributed by atoms with E-state index in [2.05, 4.69) is 39.9 Å². The van der Waals surface area contributed by atoms with Crippen molar-refractivity contribution in [2.75, 3.05) is 19.6 Å². The average Bonchev–Trinajstić information content (AvgIpc) is 3.18. The summed E-state index contributed by atoms with van der Waals surface area (Å²) in [5.74, 6) is 1.58. The molecule has 0 aliphatic carbocycles. The predicted octanol–water partition coefficient (Wildman–Crippen LogP) is 3.30. The number of amides is 1. The lowest BCUT2D eigenvalue weighted by molar-refractivity contribution is -0.140. The second-order valence-corrected chi connectivity index (χ2v) is 9.05. The number of carbonyl (C=O) groups excluding carboxylic acids is 1. The van der Waals surface area contributed by atoms with Crippen LogP contribution in [-0.2, 0) is 17.9 Å². The second kappa shape index (κ2) is 8.22. The topological polar surface area (TPSA) is 75.4 Å². The summed E-state index contributed by atoms with van der Waals surface area (Å²) in [6.45, 7) is 10.5. The minimum absolute atomic E-state index is 0.229. The summed E-state index contributed by atoms with van der Waals surface area (Å²) < 4.78 is 5.51. The molecule has 1 spiro atoms. The highest BCUT2D eigenvalue weighted by Crippen LogP contribution is 2.40. The van der Waals surface area contributed by atoms with E-state index in [-0.39, 0.29) is 11.3 Å². The van der Waals surface area contributed by atoms with Crippen molar-refractivity contribution >= 4 is 5.91 Å². The van der Waals surface area contributed by atoms with Gasteiger partial charge in [-0.1, -0.05) is 19.0 Å². The van der Waals surface area contributed by atoms with E-state index in [4.69, 9.17) is 4.52 Å². The van der Waals surface area contributed by atoms with Gasteiger partial charge in [-0.3, -0.25) is 19.7 Å². The zero-order valence-corrected chi connectivity index (χ0v) is 17.7. The molecule has 0 radical (unpaired) electrons. The molecule has 0 saturated carbocycles. The summed E-state index contributed by atoms with van der Waals surface area (Å²) >= 11 is 0. The molecular weight excluding hydrogens is 366 g/mol. The van der Waals surface area contributed by atoms with Gasteiger partial charge in [-0.25, -0.2) is 0 Å². The van der Waals surface area contributed by atoms with Gasteiger partial charge < -0.3 is 9.42 Å². The summed E-state index contributed by atoms with van der Waals surface area (Å²) in [6, 6.07) is 2.08. The third-order valence-electron chi connectivity index (χ3n) is 6.40. The Labute approximate surface area is 172 Å². The van der Waals surface area contributed by atoms with Gasteiger partial charge in [0.2, 0.25) is 5.91 Å². The monoisotopic (exact) mass is 397 g/mol. The molecule has 0 unspecified atom stereocenters. The van der Waals surface area contributed by atoms with Crippen molar-refractivity contribution in [3.05, 3.63) is 41.3 Å². The SMILES string of the molecule is Cc1cnc(CN2CC3(CCC2=O)CCN(Cc2cc(C(C)C)no2)CC3)cn1. The molecule has 2 aromatic heterocycles. The normalized spacial score (nSPS) is 20.0. The first-order chi connectivity index (χ1) is 13.9. The van der Waals surface area contributed by atoms with Gasteiger partial charge in [0, 0.05) is 25.2 Å². The fraction of sp³-hybridized carbons (Fsp3) is 0.636. The molecule has 4 rings (SSSR count). The number of likely N-dealkylation sites (tertiary alicyclic amines) is 2. The molecule has 7 heteroatoms. The van der Waals surface area contributed by atoms with Gasteiger partial charge in [-0.15, -0.1) is 0 Å². The van der Waals surface area contributed by atoms with Gasteiger partial charge in [0.1, 0.15) is 0 Å². The van der Waals surface area contributed by atoms with Crippen molar-refractivity contribution in [3.8, 4) is 0 Å². The molecule has 0 atom stereocenters. The Morgan fingerprint density at radius 3 is 2.59 bits per heavy atom. The van der Waals surface area contributed by atoms with E-state index in [1.54, 1.807) is 12.4 Å². The lowest BCUT2D eigenvalue weighted by atomic mass is 9.72. The van der Waals surface area contributed by atoms with Crippen molar-refractivity contribution in [1.82, 2.24) is 24.9 Å². The van der Waals surface area contributed by atoms with Crippen molar-refractivity contribution < 1.29 is 9.32 Å². The smallest absolute Gasteiger partial charge is 0.222 e. The third-order valence-corrected chi connectivity index (χ3v) is 6.40. The molecule has 0 bridgehead atoms. The molecular formula is C22H31N5O2. The van der Waals surface area contributed by atoms with E-state index in [1.807, 2.05) is 11.8 Å². The number of hydrogen-bond acceptors (Lipinski definition) is 6. The molecule has 2 fully saturated rings. The van der Waals surface area contributed by atoms with Crippen molar-refractivity contribution in [2.45, 2.75) is 65.5 Å². The molecule has 4 heterocycles. The number of piperidine rings is 2. The highest BCUT2D eigenvalue weighted by Gasteiger charge is 2.41. The number of aryl methyl sites for hydroxylation is 1. The molecule has 1 amide bonds. The van der Waals surface area contributed by atoms with Crippen LogP contribution in [0.2, 0.25) is 0 Å². The largest absolute Gasteiger partial charge is 0.360 e. The Hall–Kier alpha value is -2.28. The standard InChI is InChI=1S/C22H31N5O2/c1-16(2)20-10-19(29-25-20)14-26-8-6-22(7-9-26)5-4-21(28)27(15-22)13-18-12-23-17(3)11-24-18/h10-12,16H,4-9,13-15H2,1-3H3. The fourth-order valence-corrected chi connectivity index (χ4v) is 4.43. The summed E-state index contributed by atoms with van der Waals surface area (Å²) in [4.78, 5) is 25.7. The summed E-state index contributed by atoms with van der Waals surface area (Å²) in [5, 5.41) is 4.17. The van der Waals surface area contributed by atoms with Crippen LogP contribution in [0.25, 0.3) is 0 Å². The Kier molecular flexibility index (Phi) is 5.67. The lowest BCUT2D eigenvalue weighted by Crippen LogP contribution is -2.51. The highest BCUT2D eigenvalue weighted by molar-refractivity contribution is 5.77. The van der Waals surface area contributed by atoms with Gasteiger partial charge >= 0.3 is 0 Å². The van der Waals surface area contributed by atoms with E-state index >= 15 is 0 Å². The van der Waals surface area contributed by atoms with Crippen LogP contribution >= 0.6 is 0 Å². The molecule has 2 aliphatic heterocycles. The van der Waals surface area contributed by atoms with E-state index in [0.717, 1.165) is 68.3 Å². The maximum absolute atomic E-state index is 12.5. The van der Waals surface area contributed by atoms with Crippen LogP contribution in [0.3, 0.4) is 0 Å². The minimum atomic E-state index is 0.229. The van der Waals surface area contributed by atoms with E-state index in [0.29, 0.717) is 18.9 Å². The van der Waals surface area contributed by atoms with Gasteiger partial charge in [-0.2, -0.15) is 0 Å². The minimum Gasteiger partial charge on any atom is -0.360 e. The number of hydrogen-bond donors (Lipinski definition) is 0. The quantitative estimate of drug-likeness (QED) is 0.771. The molecule has 7 nitrogen and oxygen atoms in total. The zero-order chi connectivity index (χ0) is 20.4. The first-order valence-corrected chi connectivity index (χ1v) is 10.7. The van der Waals surface area contributed by atoms with Crippen molar-refractivity contribution in [1.29, 1.82) is 0 Å². The Morgan fingerprint density at radius 1 is 1.14 bits per heavy atom. The van der Waals surface area contributed by atoms with E-state index in [1.165, 1.54) is 0 Å². The Morgan fingerprint density at radius 2 is 1.93 bits per heavy atom. The number of nitrogens with zero attached hydrogens (tertiary/aromatic N) is 5. The number of aromatic nitrogens is 3.